The second kappa shape index (κ2) is 15.4. The maximum absolute atomic E-state index is 11.8. The Morgan fingerprint density at radius 2 is 1.41 bits per heavy atom. The second-order valence-corrected chi connectivity index (χ2v) is 6.88. The van der Waals surface area contributed by atoms with E-state index >= 15 is 0 Å². The Balaban J connectivity index is 2.18. The van der Waals surface area contributed by atoms with Gasteiger partial charge in [0.05, 0.1) is 12.7 Å². The summed E-state index contributed by atoms with van der Waals surface area (Å²) >= 11 is 0. The first kappa shape index (κ1) is 23.4. The van der Waals surface area contributed by atoms with Crippen molar-refractivity contribution < 1.29 is 14.3 Å². The Morgan fingerprint density at radius 1 is 0.926 bits per heavy atom. The number of hydrogen-bond acceptors (Lipinski definition) is 4. The van der Waals surface area contributed by atoms with Crippen LogP contribution in [-0.2, 0) is 14.3 Å². The normalized spacial score (nSPS) is 16.3. The van der Waals surface area contributed by atoms with Crippen LogP contribution in [0, 0.1) is 0 Å². The van der Waals surface area contributed by atoms with E-state index in [1.807, 2.05) is 12.2 Å². The van der Waals surface area contributed by atoms with Gasteiger partial charge >= 0.3 is 0 Å². The maximum atomic E-state index is 11.8. The zero-order valence-corrected chi connectivity index (χ0v) is 17.0. The van der Waals surface area contributed by atoms with Crippen molar-refractivity contribution >= 4 is 11.8 Å². The number of amides is 2. The number of rotatable bonds is 16. The molecule has 1 rings (SSSR count). The van der Waals surface area contributed by atoms with Gasteiger partial charge in [-0.1, -0.05) is 51.0 Å². The van der Waals surface area contributed by atoms with Crippen LogP contribution in [0.4, 0.5) is 0 Å². The molecular formula is C21H37N3O3. The number of epoxide rings is 1. The fraction of sp³-hybridized carbons (Fsp3) is 0.714. The first-order chi connectivity index (χ1) is 13.2. The van der Waals surface area contributed by atoms with Gasteiger partial charge in [0.15, 0.2) is 0 Å². The van der Waals surface area contributed by atoms with Gasteiger partial charge in [-0.25, -0.2) is 0 Å². The van der Waals surface area contributed by atoms with Gasteiger partial charge in [0.25, 0.3) is 0 Å². The lowest BCUT2D eigenvalue weighted by molar-refractivity contribution is -0.120. The topological polar surface area (TPSA) is 74.0 Å². The van der Waals surface area contributed by atoms with Crippen LogP contribution < -0.4 is 10.6 Å². The van der Waals surface area contributed by atoms with Crippen LogP contribution in [0.1, 0.15) is 52.4 Å². The van der Waals surface area contributed by atoms with Crippen molar-refractivity contribution in [2.75, 3.05) is 39.3 Å². The van der Waals surface area contributed by atoms with Gasteiger partial charge in [-0.3, -0.25) is 14.5 Å². The van der Waals surface area contributed by atoms with Crippen molar-refractivity contribution in [2.24, 2.45) is 0 Å². The molecule has 0 saturated carbocycles. The molecule has 1 heterocycles. The van der Waals surface area contributed by atoms with E-state index in [1.54, 1.807) is 0 Å². The molecule has 0 aromatic carbocycles. The Hall–Kier alpha value is -1.66. The Kier molecular flexibility index (Phi) is 13.3. The molecule has 0 bridgehead atoms. The average Bonchev–Trinajstić information content (AvgIpc) is 3.46. The SMILES string of the molecule is CCC/C=C/CC(=O)NCCN(CCNC(=O)C/C=C/CCC)CC1CO1. The summed E-state index contributed by atoms with van der Waals surface area (Å²) in [5, 5.41) is 5.91. The summed E-state index contributed by atoms with van der Waals surface area (Å²) in [4.78, 5) is 25.8. The van der Waals surface area contributed by atoms with E-state index < -0.39 is 0 Å². The molecule has 0 radical (unpaired) electrons. The van der Waals surface area contributed by atoms with E-state index in [4.69, 9.17) is 4.74 Å². The lowest BCUT2D eigenvalue weighted by Crippen LogP contribution is -2.41. The van der Waals surface area contributed by atoms with Crippen LogP contribution in [0.15, 0.2) is 24.3 Å². The van der Waals surface area contributed by atoms with Crippen LogP contribution in [0.3, 0.4) is 0 Å². The largest absolute Gasteiger partial charge is 0.372 e. The average molecular weight is 380 g/mol. The van der Waals surface area contributed by atoms with Gasteiger partial charge in [0.1, 0.15) is 0 Å². The standard InChI is InChI=1S/C21H37N3O3/c1-3-5-7-9-11-20(25)22-13-15-24(17-19-18-27-19)16-14-23-21(26)12-10-8-6-4-2/h7-10,19H,3-6,11-18H2,1-2H3,(H,22,25)(H,23,26)/b9-7+,10-8+. The van der Waals surface area contributed by atoms with Gasteiger partial charge in [-0.05, 0) is 12.8 Å². The van der Waals surface area contributed by atoms with Crippen LogP contribution in [0.5, 0.6) is 0 Å². The minimum atomic E-state index is 0.0529. The van der Waals surface area contributed by atoms with E-state index in [-0.39, 0.29) is 11.8 Å². The van der Waals surface area contributed by atoms with E-state index in [1.165, 1.54) is 0 Å². The molecule has 2 N–H and O–H groups in total. The monoisotopic (exact) mass is 379 g/mol. The van der Waals surface area contributed by atoms with Crippen LogP contribution in [0.25, 0.3) is 0 Å². The van der Waals surface area contributed by atoms with Gasteiger partial charge in [0, 0.05) is 45.6 Å². The molecule has 1 fully saturated rings. The predicted octanol–water partition coefficient (Wildman–Crippen LogP) is 2.41. The third-order valence-corrected chi connectivity index (χ3v) is 4.22. The summed E-state index contributed by atoms with van der Waals surface area (Å²) in [7, 11) is 0. The van der Waals surface area contributed by atoms with Gasteiger partial charge in [0.2, 0.25) is 11.8 Å². The fourth-order valence-corrected chi connectivity index (χ4v) is 2.56. The van der Waals surface area contributed by atoms with Gasteiger partial charge < -0.3 is 15.4 Å². The minimum Gasteiger partial charge on any atom is -0.372 e. The van der Waals surface area contributed by atoms with Crippen molar-refractivity contribution in [2.45, 2.75) is 58.5 Å². The highest BCUT2D eigenvalue weighted by atomic mass is 16.6. The number of nitrogens with one attached hydrogen (secondary N) is 2. The quantitative estimate of drug-likeness (QED) is 0.319. The van der Waals surface area contributed by atoms with Crippen molar-refractivity contribution in [3.63, 3.8) is 0 Å². The smallest absolute Gasteiger partial charge is 0.223 e. The first-order valence-corrected chi connectivity index (χ1v) is 10.3. The molecule has 1 saturated heterocycles. The van der Waals surface area contributed by atoms with Crippen LogP contribution >= 0.6 is 0 Å². The van der Waals surface area contributed by atoms with E-state index in [2.05, 4.69) is 41.5 Å². The molecule has 1 unspecified atom stereocenters. The summed E-state index contributed by atoms with van der Waals surface area (Å²) in [6.07, 6.45) is 13.4. The van der Waals surface area contributed by atoms with Crippen LogP contribution in [-0.4, -0.2) is 62.1 Å². The first-order valence-electron chi connectivity index (χ1n) is 10.3. The Labute approximate surface area is 164 Å². The molecule has 2 amide bonds. The fourth-order valence-electron chi connectivity index (χ4n) is 2.56. The molecule has 6 nitrogen and oxygen atoms in total. The van der Waals surface area contributed by atoms with Gasteiger partial charge in [-0.2, -0.15) is 0 Å². The zero-order chi connectivity index (χ0) is 19.7. The lowest BCUT2D eigenvalue weighted by Gasteiger charge is -2.21. The predicted molar refractivity (Wildman–Crippen MR) is 110 cm³/mol. The van der Waals surface area contributed by atoms with Crippen molar-refractivity contribution in [3.8, 4) is 0 Å². The molecule has 27 heavy (non-hydrogen) atoms. The number of unbranched alkanes of at least 4 members (excludes halogenated alkanes) is 2. The summed E-state index contributed by atoms with van der Waals surface area (Å²) in [5.74, 6) is 0.106. The minimum absolute atomic E-state index is 0.0529. The maximum Gasteiger partial charge on any atom is 0.223 e. The summed E-state index contributed by atoms with van der Waals surface area (Å²) < 4.78 is 5.31. The molecule has 0 spiro atoms. The molecule has 6 heteroatoms. The van der Waals surface area contributed by atoms with Crippen molar-refractivity contribution in [1.82, 2.24) is 15.5 Å². The number of carbonyl (C=O) groups excluding carboxylic acids is 2. The Bertz CT molecular complexity index is 437. The molecule has 1 atom stereocenters. The highest BCUT2D eigenvalue weighted by Crippen LogP contribution is 2.10. The zero-order valence-electron chi connectivity index (χ0n) is 17.0. The van der Waals surface area contributed by atoms with E-state index in [9.17, 15) is 9.59 Å². The third kappa shape index (κ3) is 14.1. The summed E-state index contributed by atoms with van der Waals surface area (Å²) in [6, 6.07) is 0. The molecule has 0 aromatic rings. The molecule has 1 aliphatic heterocycles. The highest BCUT2D eigenvalue weighted by molar-refractivity contribution is 5.77. The third-order valence-electron chi connectivity index (χ3n) is 4.22. The number of ether oxygens (including phenoxy) is 1. The molecular weight excluding hydrogens is 342 g/mol. The second-order valence-electron chi connectivity index (χ2n) is 6.88. The Morgan fingerprint density at radius 3 is 1.81 bits per heavy atom. The van der Waals surface area contributed by atoms with Crippen molar-refractivity contribution in [1.29, 1.82) is 0 Å². The molecule has 0 aromatic heterocycles. The number of nitrogens with zero attached hydrogens (tertiary/aromatic N) is 1. The lowest BCUT2D eigenvalue weighted by atomic mass is 10.2. The highest BCUT2D eigenvalue weighted by Gasteiger charge is 2.25. The van der Waals surface area contributed by atoms with Crippen LogP contribution in [0.2, 0.25) is 0 Å². The van der Waals surface area contributed by atoms with Crippen molar-refractivity contribution in [3.05, 3.63) is 24.3 Å². The summed E-state index contributed by atoms with van der Waals surface area (Å²) in [5.41, 5.74) is 0. The van der Waals surface area contributed by atoms with E-state index in [0.29, 0.717) is 32.0 Å². The molecule has 1 aliphatic rings. The van der Waals surface area contributed by atoms with Gasteiger partial charge in [-0.15, -0.1) is 0 Å². The number of carbonyl (C=O) groups is 2. The molecule has 154 valence electrons. The van der Waals surface area contributed by atoms with E-state index in [0.717, 1.165) is 51.9 Å². The number of hydrogen-bond donors (Lipinski definition) is 2. The number of allylic oxidation sites excluding steroid dienone is 2. The summed E-state index contributed by atoms with van der Waals surface area (Å²) in [6.45, 7) is 8.63. The molecule has 0 aliphatic carbocycles.